The van der Waals surface area contributed by atoms with Crippen LogP contribution in [0.5, 0.6) is 0 Å². The first kappa shape index (κ1) is 17.0. The molecule has 0 radical (unpaired) electrons. The van der Waals surface area contributed by atoms with Crippen molar-refractivity contribution in [2.75, 3.05) is 11.5 Å². The zero-order chi connectivity index (χ0) is 17.0. The maximum atomic E-state index is 12.7. The van der Waals surface area contributed by atoms with Gasteiger partial charge in [-0.3, -0.25) is 14.5 Å². The molecule has 6 heteroatoms. The third-order valence-corrected chi connectivity index (χ3v) is 4.01. The topological polar surface area (TPSA) is 83.9 Å². The van der Waals surface area contributed by atoms with E-state index in [1.165, 1.54) is 4.90 Å². The number of hydrogen-bond donors (Lipinski definition) is 1. The van der Waals surface area contributed by atoms with E-state index < -0.39 is 17.9 Å². The number of anilines is 1. The zero-order valence-corrected chi connectivity index (χ0v) is 13.3. The van der Waals surface area contributed by atoms with Gasteiger partial charge in [-0.15, -0.1) is 0 Å². The minimum absolute atomic E-state index is 0.147. The molecule has 1 aliphatic heterocycles. The van der Waals surface area contributed by atoms with Gasteiger partial charge in [0.05, 0.1) is 6.61 Å². The number of carboxylic acids is 1. The highest BCUT2D eigenvalue weighted by Gasteiger charge is 2.39. The SMILES string of the molecule is CCOC(=O)CC[C@@H](C)C(=O)N1c2ccccc2CC1C(=O)O. The van der Waals surface area contributed by atoms with Crippen molar-refractivity contribution >= 4 is 23.5 Å². The molecule has 0 saturated heterocycles. The molecule has 0 bridgehead atoms. The van der Waals surface area contributed by atoms with Crippen LogP contribution in [0.25, 0.3) is 0 Å². The van der Waals surface area contributed by atoms with Crippen molar-refractivity contribution in [2.24, 2.45) is 5.92 Å². The first-order chi connectivity index (χ1) is 11.0. The summed E-state index contributed by atoms with van der Waals surface area (Å²) in [6.07, 6.45) is 0.790. The predicted molar refractivity (Wildman–Crippen MR) is 84.1 cm³/mol. The molecule has 1 aromatic rings. The lowest BCUT2D eigenvalue weighted by Crippen LogP contribution is -2.45. The number of nitrogens with zero attached hydrogens (tertiary/aromatic N) is 1. The molecular formula is C17H21NO5. The summed E-state index contributed by atoms with van der Waals surface area (Å²) in [7, 11) is 0. The summed E-state index contributed by atoms with van der Waals surface area (Å²) in [5, 5.41) is 9.41. The molecule has 1 aliphatic rings. The van der Waals surface area contributed by atoms with E-state index in [0.717, 1.165) is 5.56 Å². The number of hydrogen-bond acceptors (Lipinski definition) is 4. The smallest absolute Gasteiger partial charge is 0.327 e. The third kappa shape index (κ3) is 3.70. The second kappa shape index (κ2) is 7.26. The highest BCUT2D eigenvalue weighted by atomic mass is 16.5. The van der Waals surface area contributed by atoms with Crippen LogP contribution in [0.1, 0.15) is 32.3 Å². The van der Waals surface area contributed by atoms with E-state index in [4.69, 9.17) is 4.74 Å². The van der Waals surface area contributed by atoms with Crippen LogP contribution in [0.2, 0.25) is 0 Å². The number of esters is 1. The van der Waals surface area contributed by atoms with Crippen LogP contribution in [-0.2, 0) is 25.5 Å². The normalized spacial score (nSPS) is 17.5. The molecule has 1 amide bonds. The number of ether oxygens (including phenoxy) is 1. The summed E-state index contributed by atoms with van der Waals surface area (Å²) >= 11 is 0. The van der Waals surface area contributed by atoms with Gasteiger partial charge >= 0.3 is 11.9 Å². The van der Waals surface area contributed by atoms with Crippen molar-refractivity contribution in [3.05, 3.63) is 29.8 Å². The van der Waals surface area contributed by atoms with Crippen molar-refractivity contribution in [3.8, 4) is 0 Å². The van der Waals surface area contributed by atoms with Crippen molar-refractivity contribution in [1.29, 1.82) is 0 Å². The Bertz CT molecular complexity index is 613. The number of carbonyl (C=O) groups is 3. The van der Waals surface area contributed by atoms with E-state index >= 15 is 0 Å². The lowest BCUT2D eigenvalue weighted by Gasteiger charge is -2.25. The average molecular weight is 319 g/mol. The molecule has 0 aromatic heterocycles. The van der Waals surface area contributed by atoms with Gasteiger partial charge in [0, 0.05) is 24.4 Å². The second-order valence-corrected chi connectivity index (χ2v) is 5.64. The maximum Gasteiger partial charge on any atom is 0.327 e. The lowest BCUT2D eigenvalue weighted by atomic mass is 10.0. The number of carbonyl (C=O) groups excluding carboxylic acids is 2. The van der Waals surface area contributed by atoms with Gasteiger partial charge < -0.3 is 9.84 Å². The van der Waals surface area contributed by atoms with Gasteiger partial charge in [-0.2, -0.15) is 0 Å². The van der Waals surface area contributed by atoms with Gasteiger partial charge in [0.25, 0.3) is 0 Å². The summed E-state index contributed by atoms with van der Waals surface area (Å²) in [5.74, 6) is -2.09. The van der Waals surface area contributed by atoms with Crippen molar-refractivity contribution in [3.63, 3.8) is 0 Å². The standard InChI is InChI=1S/C17H21NO5/c1-3-23-15(19)9-8-11(2)16(20)18-13-7-5-4-6-12(13)10-14(18)17(21)22/h4-7,11,14H,3,8-10H2,1-2H3,(H,21,22)/t11-,14?/m1/s1. The van der Waals surface area contributed by atoms with Crippen LogP contribution < -0.4 is 4.90 Å². The van der Waals surface area contributed by atoms with E-state index in [1.807, 2.05) is 12.1 Å². The summed E-state index contributed by atoms with van der Waals surface area (Å²) < 4.78 is 4.86. The van der Waals surface area contributed by atoms with Crippen molar-refractivity contribution < 1.29 is 24.2 Å². The van der Waals surface area contributed by atoms with Crippen LogP contribution >= 0.6 is 0 Å². The Kier molecular flexibility index (Phi) is 5.36. The number of carboxylic acid groups (broad SMARTS) is 1. The molecule has 1 heterocycles. The molecule has 124 valence electrons. The molecule has 6 nitrogen and oxygen atoms in total. The Hall–Kier alpha value is -2.37. The molecule has 2 atom stereocenters. The highest BCUT2D eigenvalue weighted by molar-refractivity contribution is 6.02. The summed E-state index contributed by atoms with van der Waals surface area (Å²) in [4.78, 5) is 37.0. The van der Waals surface area contributed by atoms with Crippen LogP contribution in [0.15, 0.2) is 24.3 Å². The number of fused-ring (bicyclic) bond motifs is 1. The molecule has 1 N–H and O–H groups in total. The van der Waals surface area contributed by atoms with E-state index in [2.05, 4.69) is 0 Å². The highest BCUT2D eigenvalue weighted by Crippen LogP contribution is 2.33. The maximum absolute atomic E-state index is 12.7. The molecular weight excluding hydrogens is 298 g/mol. The van der Waals surface area contributed by atoms with Gasteiger partial charge in [-0.1, -0.05) is 25.1 Å². The molecule has 23 heavy (non-hydrogen) atoms. The largest absolute Gasteiger partial charge is 0.480 e. The van der Waals surface area contributed by atoms with Gasteiger partial charge in [-0.25, -0.2) is 4.79 Å². The number of para-hydroxylation sites is 1. The fraction of sp³-hybridized carbons (Fsp3) is 0.471. The average Bonchev–Trinajstić information content (AvgIpc) is 2.92. The first-order valence-corrected chi connectivity index (χ1v) is 7.75. The molecule has 1 unspecified atom stereocenters. The summed E-state index contributed by atoms with van der Waals surface area (Å²) in [5.41, 5.74) is 1.50. The zero-order valence-electron chi connectivity index (χ0n) is 13.3. The number of aliphatic carboxylic acids is 1. The summed E-state index contributed by atoms with van der Waals surface area (Å²) in [6, 6.07) is 6.32. The Labute approximate surface area is 135 Å². The van der Waals surface area contributed by atoms with Gasteiger partial charge in [-0.05, 0) is 25.0 Å². The Morgan fingerprint density at radius 2 is 2.04 bits per heavy atom. The van der Waals surface area contributed by atoms with E-state index in [0.29, 0.717) is 25.1 Å². The van der Waals surface area contributed by atoms with Crippen LogP contribution in [0.4, 0.5) is 5.69 Å². The molecule has 0 fully saturated rings. The fourth-order valence-electron chi connectivity index (χ4n) is 2.78. The second-order valence-electron chi connectivity index (χ2n) is 5.64. The summed E-state index contributed by atoms with van der Waals surface area (Å²) in [6.45, 7) is 3.74. The lowest BCUT2D eigenvalue weighted by molar-refractivity contribution is -0.144. The Balaban J connectivity index is 2.12. The van der Waals surface area contributed by atoms with E-state index in [1.54, 1.807) is 26.0 Å². The first-order valence-electron chi connectivity index (χ1n) is 7.75. The van der Waals surface area contributed by atoms with Crippen LogP contribution in [0.3, 0.4) is 0 Å². The van der Waals surface area contributed by atoms with E-state index in [-0.39, 0.29) is 18.3 Å². The Morgan fingerprint density at radius 3 is 2.70 bits per heavy atom. The van der Waals surface area contributed by atoms with Crippen LogP contribution in [-0.4, -0.2) is 35.6 Å². The third-order valence-electron chi connectivity index (χ3n) is 4.01. The minimum atomic E-state index is -1.02. The van der Waals surface area contributed by atoms with E-state index in [9.17, 15) is 19.5 Å². The molecule has 1 aromatic carbocycles. The molecule has 0 aliphatic carbocycles. The molecule has 2 rings (SSSR count). The quantitative estimate of drug-likeness (QED) is 0.811. The fourth-order valence-corrected chi connectivity index (χ4v) is 2.78. The van der Waals surface area contributed by atoms with Crippen LogP contribution in [0, 0.1) is 5.92 Å². The monoisotopic (exact) mass is 319 g/mol. The number of benzene rings is 1. The van der Waals surface area contributed by atoms with Gasteiger partial charge in [0.15, 0.2) is 0 Å². The number of amides is 1. The Morgan fingerprint density at radius 1 is 1.35 bits per heavy atom. The predicted octanol–water partition coefficient (Wildman–Crippen LogP) is 2.01. The number of rotatable bonds is 6. The molecule has 0 saturated carbocycles. The van der Waals surface area contributed by atoms with Gasteiger partial charge in [0.2, 0.25) is 5.91 Å². The minimum Gasteiger partial charge on any atom is -0.480 e. The van der Waals surface area contributed by atoms with Crippen molar-refractivity contribution in [1.82, 2.24) is 0 Å². The van der Waals surface area contributed by atoms with Crippen molar-refractivity contribution in [2.45, 2.75) is 39.2 Å². The van der Waals surface area contributed by atoms with Gasteiger partial charge in [0.1, 0.15) is 6.04 Å². The molecule has 0 spiro atoms.